The van der Waals surface area contributed by atoms with Gasteiger partial charge in [0.2, 0.25) is 0 Å². The third kappa shape index (κ3) is 0.897. The van der Waals surface area contributed by atoms with Crippen molar-refractivity contribution < 1.29 is 8.91 Å². The van der Waals surface area contributed by atoms with Gasteiger partial charge in [0.15, 0.2) is 5.58 Å². The molecule has 0 aliphatic carbocycles. The Bertz CT molecular complexity index is 433. The van der Waals surface area contributed by atoms with Crippen LogP contribution >= 0.6 is 0 Å². The molecule has 0 saturated carbocycles. The molecule has 0 N–H and O–H groups in total. The van der Waals surface area contributed by atoms with Crippen LogP contribution in [0, 0.1) is 19.7 Å². The molecule has 0 bridgehead atoms. The van der Waals surface area contributed by atoms with Gasteiger partial charge in [0.05, 0.1) is 11.1 Å². The molecule has 0 radical (unpaired) electrons. The molecule has 1 aromatic heterocycles. The third-order valence-corrected chi connectivity index (χ3v) is 1.84. The average Bonchev–Trinajstić information content (AvgIpc) is 2.31. The summed E-state index contributed by atoms with van der Waals surface area (Å²) in [4.78, 5) is 0. The smallest absolute Gasteiger partial charge is 0.170 e. The third-order valence-electron chi connectivity index (χ3n) is 1.84. The number of benzene rings is 1. The Labute approximate surface area is 69.0 Å². The molecular formula is C9H8FNO. The van der Waals surface area contributed by atoms with Gasteiger partial charge >= 0.3 is 0 Å². The van der Waals surface area contributed by atoms with E-state index >= 15 is 0 Å². The molecule has 2 rings (SSSR count). The van der Waals surface area contributed by atoms with Crippen molar-refractivity contribution in [2.75, 3.05) is 0 Å². The van der Waals surface area contributed by atoms with E-state index in [0.717, 1.165) is 5.56 Å². The molecular weight excluding hydrogens is 157 g/mol. The molecule has 12 heavy (non-hydrogen) atoms. The van der Waals surface area contributed by atoms with Crippen molar-refractivity contribution in [3.05, 3.63) is 29.2 Å². The van der Waals surface area contributed by atoms with Gasteiger partial charge in [0.25, 0.3) is 0 Å². The van der Waals surface area contributed by atoms with Gasteiger partial charge in [0, 0.05) is 0 Å². The standard InChI is InChI=1S/C9H8FNO/c1-5-3-7(10)9-6(2)11-12-8(9)4-5/h3-4H,1-2H3. The summed E-state index contributed by atoms with van der Waals surface area (Å²) in [6.07, 6.45) is 0. The summed E-state index contributed by atoms with van der Waals surface area (Å²) in [5, 5.41) is 4.17. The van der Waals surface area contributed by atoms with Crippen molar-refractivity contribution >= 4 is 11.0 Å². The molecule has 0 aliphatic heterocycles. The Morgan fingerprint density at radius 3 is 2.83 bits per heavy atom. The predicted molar refractivity (Wildman–Crippen MR) is 43.4 cm³/mol. The molecule has 0 amide bonds. The normalized spacial score (nSPS) is 10.9. The fraction of sp³-hybridized carbons (Fsp3) is 0.222. The van der Waals surface area contributed by atoms with E-state index in [1.165, 1.54) is 6.07 Å². The van der Waals surface area contributed by atoms with Gasteiger partial charge in [-0.2, -0.15) is 0 Å². The van der Waals surface area contributed by atoms with Crippen molar-refractivity contribution in [2.45, 2.75) is 13.8 Å². The minimum atomic E-state index is -0.260. The average molecular weight is 165 g/mol. The first-order chi connectivity index (χ1) is 5.68. The second-order valence-corrected chi connectivity index (χ2v) is 2.89. The van der Waals surface area contributed by atoms with E-state index < -0.39 is 0 Å². The number of hydrogen-bond acceptors (Lipinski definition) is 2. The summed E-state index contributed by atoms with van der Waals surface area (Å²) in [6.45, 7) is 3.55. The topological polar surface area (TPSA) is 26.0 Å². The van der Waals surface area contributed by atoms with Gasteiger partial charge in [-0.25, -0.2) is 4.39 Å². The number of aryl methyl sites for hydroxylation is 2. The summed E-state index contributed by atoms with van der Waals surface area (Å²) in [6, 6.07) is 3.25. The van der Waals surface area contributed by atoms with Crippen molar-refractivity contribution in [3.8, 4) is 0 Å². The first kappa shape index (κ1) is 7.28. The van der Waals surface area contributed by atoms with Crippen LogP contribution in [-0.4, -0.2) is 5.16 Å². The maximum absolute atomic E-state index is 13.2. The second-order valence-electron chi connectivity index (χ2n) is 2.89. The molecule has 2 aromatic rings. The Morgan fingerprint density at radius 1 is 1.33 bits per heavy atom. The molecule has 62 valence electrons. The van der Waals surface area contributed by atoms with Crippen LogP contribution in [-0.2, 0) is 0 Å². The summed E-state index contributed by atoms with van der Waals surface area (Å²) in [5.41, 5.74) is 1.96. The molecule has 3 heteroatoms. The lowest BCUT2D eigenvalue weighted by Gasteiger charge is -1.93. The number of fused-ring (bicyclic) bond motifs is 1. The van der Waals surface area contributed by atoms with E-state index in [2.05, 4.69) is 5.16 Å². The maximum Gasteiger partial charge on any atom is 0.170 e. The fourth-order valence-corrected chi connectivity index (χ4v) is 1.30. The minimum absolute atomic E-state index is 0.260. The highest BCUT2D eigenvalue weighted by atomic mass is 19.1. The number of aromatic nitrogens is 1. The van der Waals surface area contributed by atoms with E-state index in [4.69, 9.17) is 4.52 Å². The van der Waals surface area contributed by atoms with Crippen LogP contribution in [0.3, 0.4) is 0 Å². The zero-order chi connectivity index (χ0) is 8.72. The van der Waals surface area contributed by atoms with Crippen molar-refractivity contribution in [3.63, 3.8) is 0 Å². The van der Waals surface area contributed by atoms with Crippen LogP contribution in [0.1, 0.15) is 11.3 Å². The maximum atomic E-state index is 13.2. The van der Waals surface area contributed by atoms with E-state index in [1.54, 1.807) is 13.0 Å². The van der Waals surface area contributed by atoms with Crippen LogP contribution in [0.15, 0.2) is 16.7 Å². The zero-order valence-electron chi connectivity index (χ0n) is 6.89. The van der Waals surface area contributed by atoms with Gasteiger partial charge in [-0.1, -0.05) is 5.16 Å². The first-order valence-corrected chi connectivity index (χ1v) is 3.70. The second kappa shape index (κ2) is 2.30. The fourth-order valence-electron chi connectivity index (χ4n) is 1.30. The van der Waals surface area contributed by atoms with E-state index in [9.17, 15) is 4.39 Å². The van der Waals surface area contributed by atoms with Crippen molar-refractivity contribution in [1.82, 2.24) is 5.16 Å². The highest BCUT2D eigenvalue weighted by Crippen LogP contribution is 2.22. The molecule has 0 saturated heterocycles. The Balaban J connectivity index is 2.93. The van der Waals surface area contributed by atoms with Gasteiger partial charge in [-0.3, -0.25) is 0 Å². The number of hydrogen-bond donors (Lipinski definition) is 0. The SMILES string of the molecule is Cc1cc(F)c2c(C)noc2c1. The van der Waals surface area contributed by atoms with Gasteiger partial charge in [-0.15, -0.1) is 0 Å². The van der Waals surface area contributed by atoms with Gasteiger partial charge < -0.3 is 4.52 Å². The lowest BCUT2D eigenvalue weighted by molar-refractivity contribution is 0.450. The molecule has 0 aliphatic rings. The minimum Gasteiger partial charge on any atom is -0.356 e. The number of nitrogens with zero attached hydrogens (tertiary/aromatic N) is 1. The van der Waals surface area contributed by atoms with E-state index in [-0.39, 0.29) is 5.82 Å². The van der Waals surface area contributed by atoms with Crippen LogP contribution in [0.5, 0.6) is 0 Å². The molecule has 2 nitrogen and oxygen atoms in total. The van der Waals surface area contributed by atoms with Gasteiger partial charge in [-0.05, 0) is 31.5 Å². The highest BCUT2D eigenvalue weighted by Gasteiger charge is 2.09. The Hall–Kier alpha value is -1.38. The highest BCUT2D eigenvalue weighted by molar-refractivity contribution is 5.80. The Morgan fingerprint density at radius 2 is 2.08 bits per heavy atom. The van der Waals surface area contributed by atoms with E-state index in [1.807, 2.05) is 6.92 Å². The molecule has 1 aromatic carbocycles. The van der Waals surface area contributed by atoms with Crippen LogP contribution < -0.4 is 0 Å². The van der Waals surface area contributed by atoms with E-state index in [0.29, 0.717) is 16.7 Å². The lowest BCUT2D eigenvalue weighted by atomic mass is 10.1. The quantitative estimate of drug-likeness (QED) is 0.599. The summed E-state index contributed by atoms with van der Waals surface area (Å²) < 4.78 is 18.2. The molecule has 0 unspecified atom stereocenters. The molecule has 0 fully saturated rings. The van der Waals surface area contributed by atoms with Gasteiger partial charge in [0.1, 0.15) is 5.82 Å². The molecule has 0 atom stereocenters. The van der Waals surface area contributed by atoms with Crippen LogP contribution in [0.4, 0.5) is 4.39 Å². The number of halogens is 1. The molecule has 1 heterocycles. The number of rotatable bonds is 0. The summed E-state index contributed by atoms with van der Waals surface area (Å²) >= 11 is 0. The lowest BCUT2D eigenvalue weighted by Crippen LogP contribution is -1.80. The predicted octanol–water partition coefficient (Wildman–Crippen LogP) is 2.58. The Kier molecular flexibility index (Phi) is 1.40. The summed E-state index contributed by atoms with van der Waals surface area (Å²) in [5.74, 6) is -0.260. The van der Waals surface area contributed by atoms with Crippen molar-refractivity contribution in [1.29, 1.82) is 0 Å². The summed E-state index contributed by atoms with van der Waals surface area (Å²) in [7, 11) is 0. The van der Waals surface area contributed by atoms with Crippen LogP contribution in [0.2, 0.25) is 0 Å². The van der Waals surface area contributed by atoms with Crippen LogP contribution in [0.25, 0.3) is 11.0 Å². The van der Waals surface area contributed by atoms with Crippen molar-refractivity contribution in [2.24, 2.45) is 0 Å². The largest absolute Gasteiger partial charge is 0.356 e. The monoisotopic (exact) mass is 165 g/mol. The first-order valence-electron chi connectivity index (χ1n) is 3.70. The zero-order valence-corrected chi connectivity index (χ0v) is 6.89. The molecule has 0 spiro atoms.